The third kappa shape index (κ3) is 0.391. The Morgan fingerprint density at radius 3 is 2.50 bits per heavy atom. The Labute approximate surface area is 47.7 Å². The molecule has 0 aromatic carbocycles. The van der Waals surface area contributed by atoms with E-state index in [2.05, 4.69) is 0 Å². The van der Waals surface area contributed by atoms with E-state index in [4.69, 9.17) is 0 Å². The first kappa shape index (κ1) is 4.30. The van der Waals surface area contributed by atoms with Crippen molar-refractivity contribution in [3.63, 3.8) is 0 Å². The quantitative estimate of drug-likeness (QED) is 0.449. The first-order valence-electron chi connectivity index (χ1n) is 2.93. The van der Waals surface area contributed by atoms with Gasteiger partial charge in [0.25, 0.3) is 0 Å². The molecular weight excluding hydrogens is 103 g/mol. The molecule has 0 saturated heterocycles. The maximum Gasteiger partial charge on any atom is 0.122 e. The minimum Gasteiger partial charge on any atom is -0.207 e. The summed E-state index contributed by atoms with van der Waals surface area (Å²) in [6.45, 7) is 0. The van der Waals surface area contributed by atoms with Gasteiger partial charge in [0.2, 0.25) is 0 Å². The zero-order chi connectivity index (χ0) is 5.56. The molecule has 0 aromatic rings. The highest BCUT2D eigenvalue weighted by atomic mass is 19.1. The van der Waals surface area contributed by atoms with E-state index < -0.39 is 0 Å². The molecule has 8 heavy (non-hydrogen) atoms. The summed E-state index contributed by atoms with van der Waals surface area (Å²) < 4.78 is 12.4. The number of fused-ring (bicyclic) bond motifs is 2. The number of hydrogen-bond donors (Lipinski definition) is 0. The van der Waals surface area contributed by atoms with E-state index >= 15 is 0 Å². The second kappa shape index (κ2) is 1.22. The van der Waals surface area contributed by atoms with Crippen LogP contribution in [0.1, 0.15) is 19.3 Å². The average molecular weight is 110 g/mol. The lowest BCUT2D eigenvalue weighted by molar-refractivity contribution is 0.648. The van der Waals surface area contributed by atoms with Gasteiger partial charge in [0.15, 0.2) is 0 Å². The van der Waals surface area contributed by atoms with Crippen LogP contribution in [0.3, 0.4) is 0 Å². The van der Waals surface area contributed by atoms with Gasteiger partial charge in [0.1, 0.15) is 5.83 Å². The zero-order valence-corrected chi connectivity index (χ0v) is 4.58. The van der Waals surface area contributed by atoms with Crippen molar-refractivity contribution < 1.29 is 4.39 Å². The molecule has 1 heteroatoms. The molecule has 2 aliphatic carbocycles. The third-order valence-electron chi connectivity index (χ3n) is 1.86. The molecule has 0 N–H and O–H groups in total. The smallest absolute Gasteiger partial charge is 0.122 e. The van der Waals surface area contributed by atoms with Crippen molar-refractivity contribution in [2.24, 2.45) is 0 Å². The van der Waals surface area contributed by atoms with E-state index in [1.165, 1.54) is 5.57 Å². The molecule has 2 rings (SSSR count). The van der Waals surface area contributed by atoms with Crippen LogP contribution in [0.5, 0.6) is 0 Å². The van der Waals surface area contributed by atoms with Gasteiger partial charge in [-0.1, -0.05) is 5.57 Å². The van der Waals surface area contributed by atoms with Crippen LogP contribution in [-0.4, -0.2) is 0 Å². The summed E-state index contributed by atoms with van der Waals surface area (Å²) in [5.41, 5.74) is 2.32. The Bertz CT molecular complexity index is 187. The predicted octanol–water partition coefficient (Wildman–Crippen LogP) is 2.33. The average Bonchev–Trinajstić information content (AvgIpc) is 2.23. The summed E-state index contributed by atoms with van der Waals surface area (Å²) in [6.07, 6.45) is 4.71. The summed E-state index contributed by atoms with van der Waals surface area (Å²) >= 11 is 0. The summed E-state index contributed by atoms with van der Waals surface area (Å²) in [5.74, 6) is 0.0475. The topological polar surface area (TPSA) is 0 Å². The molecule has 0 radical (unpaired) electrons. The largest absolute Gasteiger partial charge is 0.207 e. The second-order valence-corrected chi connectivity index (χ2v) is 2.43. The van der Waals surface area contributed by atoms with Crippen molar-refractivity contribution >= 4 is 0 Å². The fraction of sp³-hybridized carbons (Fsp3) is 0.429. The van der Waals surface area contributed by atoms with E-state index in [9.17, 15) is 4.39 Å². The van der Waals surface area contributed by atoms with Crippen molar-refractivity contribution in [3.05, 3.63) is 23.0 Å². The van der Waals surface area contributed by atoms with Gasteiger partial charge in [0.05, 0.1) is 0 Å². The van der Waals surface area contributed by atoms with Gasteiger partial charge in [-0.05, 0) is 30.9 Å². The monoisotopic (exact) mass is 110 g/mol. The van der Waals surface area contributed by atoms with Crippen LogP contribution in [-0.2, 0) is 0 Å². The maximum absolute atomic E-state index is 12.4. The van der Waals surface area contributed by atoms with Crippen LogP contribution < -0.4 is 0 Å². The second-order valence-electron chi connectivity index (χ2n) is 2.43. The highest BCUT2D eigenvalue weighted by molar-refractivity contribution is 5.40. The fourth-order valence-corrected chi connectivity index (χ4v) is 1.37. The Kier molecular flexibility index (Phi) is 0.655. The minimum atomic E-state index is 0.0475. The highest BCUT2D eigenvalue weighted by Gasteiger charge is 2.21. The summed E-state index contributed by atoms with van der Waals surface area (Å²) in [6, 6.07) is 0. The summed E-state index contributed by atoms with van der Waals surface area (Å²) in [4.78, 5) is 0. The maximum atomic E-state index is 12.4. The van der Waals surface area contributed by atoms with Crippen LogP contribution in [0, 0.1) is 0 Å². The SMILES string of the molecule is FC1=C2CCC(=C1)C2. The van der Waals surface area contributed by atoms with Crippen LogP contribution >= 0.6 is 0 Å². The van der Waals surface area contributed by atoms with Gasteiger partial charge in [-0.25, -0.2) is 4.39 Å². The molecule has 2 aliphatic rings. The van der Waals surface area contributed by atoms with Gasteiger partial charge in [-0.3, -0.25) is 0 Å². The van der Waals surface area contributed by atoms with Gasteiger partial charge < -0.3 is 0 Å². The van der Waals surface area contributed by atoms with Crippen molar-refractivity contribution in [3.8, 4) is 0 Å². The Morgan fingerprint density at radius 1 is 1.38 bits per heavy atom. The lowest BCUT2D eigenvalue weighted by atomic mass is 10.2. The van der Waals surface area contributed by atoms with E-state index in [1.807, 2.05) is 0 Å². The van der Waals surface area contributed by atoms with E-state index in [1.54, 1.807) is 6.08 Å². The number of halogens is 1. The molecule has 0 heterocycles. The standard InChI is InChI=1S/C7H7F/c8-7-4-5-1-2-6(7)3-5/h4H,1-3H2. The Morgan fingerprint density at radius 2 is 2.25 bits per heavy atom. The van der Waals surface area contributed by atoms with Crippen LogP contribution in [0.15, 0.2) is 23.0 Å². The first-order chi connectivity index (χ1) is 3.86. The molecule has 0 aromatic heterocycles. The molecule has 0 spiro atoms. The fourth-order valence-electron chi connectivity index (χ4n) is 1.37. The van der Waals surface area contributed by atoms with E-state index in [0.29, 0.717) is 0 Å². The van der Waals surface area contributed by atoms with Crippen molar-refractivity contribution in [1.82, 2.24) is 0 Å². The molecule has 0 aliphatic heterocycles. The molecule has 2 bridgehead atoms. The van der Waals surface area contributed by atoms with Crippen LogP contribution in [0.4, 0.5) is 4.39 Å². The Hall–Kier alpha value is -0.590. The van der Waals surface area contributed by atoms with Gasteiger partial charge in [-0.2, -0.15) is 0 Å². The van der Waals surface area contributed by atoms with Crippen LogP contribution in [0.25, 0.3) is 0 Å². The number of rotatable bonds is 0. The lowest BCUT2D eigenvalue weighted by Crippen LogP contribution is -1.75. The zero-order valence-electron chi connectivity index (χ0n) is 4.58. The van der Waals surface area contributed by atoms with Gasteiger partial charge >= 0.3 is 0 Å². The third-order valence-corrected chi connectivity index (χ3v) is 1.86. The molecular formula is C7H7F. The van der Waals surface area contributed by atoms with Gasteiger partial charge in [-0.15, -0.1) is 0 Å². The summed E-state index contributed by atoms with van der Waals surface area (Å²) in [5, 5.41) is 0. The number of allylic oxidation sites excluding steroid dienone is 4. The normalized spacial score (nSPS) is 24.9. The van der Waals surface area contributed by atoms with Gasteiger partial charge in [0, 0.05) is 0 Å². The molecule has 0 unspecified atom stereocenters. The number of hydrogen-bond acceptors (Lipinski definition) is 0. The molecule has 1 saturated carbocycles. The molecule has 0 amide bonds. The van der Waals surface area contributed by atoms with Crippen LogP contribution in [0.2, 0.25) is 0 Å². The van der Waals surface area contributed by atoms with Crippen molar-refractivity contribution in [2.75, 3.05) is 0 Å². The Balaban J connectivity index is 2.47. The molecule has 42 valence electrons. The van der Waals surface area contributed by atoms with Crippen molar-refractivity contribution in [1.29, 1.82) is 0 Å². The molecule has 0 nitrogen and oxygen atoms in total. The highest BCUT2D eigenvalue weighted by Crippen LogP contribution is 2.39. The van der Waals surface area contributed by atoms with E-state index in [0.717, 1.165) is 24.8 Å². The van der Waals surface area contributed by atoms with E-state index in [-0.39, 0.29) is 5.83 Å². The summed E-state index contributed by atoms with van der Waals surface area (Å²) in [7, 11) is 0. The van der Waals surface area contributed by atoms with Crippen molar-refractivity contribution in [2.45, 2.75) is 19.3 Å². The predicted molar refractivity (Wildman–Crippen MR) is 30.1 cm³/mol. The minimum absolute atomic E-state index is 0.0475. The lowest BCUT2D eigenvalue weighted by Gasteiger charge is -1.92. The molecule has 1 fully saturated rings. The first-order valence-corrected chi connectivity index (χ1v) is 2.93. The molecule has 0 atom stereocenters.